The number of benzene rings is 1. The van der Waals surface area contributed by atoms with Crippen LogP contribution in [0.2, 0.25) is 0 Å². The molecule has 1 saturated carbocycles. The summed E-state index contributed by atoms with van der Waals surface area (Å²) in [6.07, 6.45) is 8.22. The Kier molecular flexibility index (Phi) is 8.33. The fourth-order valence-corrected chi connectivity index (χ4v) is 4.57. The van der Waals surface area contributed by atoms with Gasteiger partial charge in [-0.25, -0.2) is 0 Å². The lowest BCUT2D eigenvalue weighted by molar-refractivity contribution is 0.0943. The zero-order valence-corrected chi connectivity index (χ0v) is 18.6. The summed E-state index contributed by atoms with van der Waals surface area (Å²) in [7, 11) is 2.14. The molecule has 3 rings (SSSR count). The molecule has 8 heteroatoms. The Balaban J connectivity index is 1.49. The molecule has 30 heavy (non-hydrogen) atoms. The topological polar surface area (TPSA) is 87.2 Å². The lowest BCUT2D eigenvalue weighted by atomic mass is 9.94. The van der Waals surface area contributed by atoms with E-state index < -0.39 is 0 Å². The van der Waals surface area contributed by atoms with Gasteiger partial charge in [-0.3, -0.25) is 9.59 Å². The highest BCUT2D eigenvalue weighted by atomic mass is 32.1. The van der Waals surface area contributed by atoms with Crippen LogP contribution >= 0.6 is 11.3 Å². The third-order valence-electron chi connectivity index (χ3n) is 5.46. The van der Waals surface area contributed by atoms with Gasteiger partial charge in [-0.1, -0.05) is 43.6 Å². The van der Waals surface area contributed by atoms with Crippen molar-refractivity contribution in [3.8, 4) is 0 Å². The minimum atomic E-state index is -0.304. The van der Waals surface area contributed by atoms with Gasteiger partial charge in [0.1, 0.15) is 5.01 Å². The minimum Gasteiger partial charge on any atom is -0.351 e. The molecular weight excluding hydrogens is 398 g/mol. The van der Waals surface area contributed by atoms with E-state index in [0.717, 1.165) is 24.4 Å². The first-order valence-electron chi connectivity index (χ1n) is 10.8. The average molecular weight is 430 g/mol. The lowest BCUT2D eigenvalue weighted by Crippen LogP contribution is -2.39. The molecule has 1 fully saturated rings. The van der Waals surface area contributed by atoms with E-state index in [1.807, 2.05) is 0 Å². The van der Waals surface area contributed by atoms with Crippen LogP contribution in [0.15, 0.2) is 24.3 Å². The van der Waals surface area contributed by atoms with Crippen LogP contribution in [-0.4, -0.2) is 53.1 Å². The van der Waals surface area contributed by atoms with Gasteiger partial charge in [-0.15, -0.1) is 10.2 Å². The standard InChI is InChI=1S/C22H31N5O2S/c1-3-8-19-25-26-22(30-19)21(29)24-17-10-7-9-16(15-17)20(28)23-13-14-27(2)18-11-5-4-6-12-18/h7,9-10,15,18H,3-6,8,11-14H2,1-2H3,(H,23,28)(H,24,29). The molecule has 0 atom stereocenters. The summed E-state index contributed by atoms with van der Waals surface area (Å²) in [5.41, 5.74) is 1.09. The quantitative estimate of drug-likeness (QED) is 0.634. The molecule has 0 radical (unpaired) electrons. The summed E-state index contributed by atoms with van der Waals surface area (Å²) in [6, 6.07) is 7.60. The fourth-order valence-electron chi connectivity index (χ4n) is 3.74. The molecule has 2 aromatic rings. The molecule has 0 aliphatic heterocycles. The van der Waals surface area contributed by atoms with Crippen LogP contribution in [-0.2, 0) is 6.42 Å². The number of carbonyl (C=O) groups excluding carboxylic acids is 2. The largest absolute Gasteiger partial charge is 0.351 e. The third kappa shape index (κ3) is 6.34. The maximum Gasteiger partial charge on any atom is 0.286 e. The second-order valence-corrected chi connectivity index (χ2v) is 8.88. The van der Waals surface area contributed by atoms with E-state index in [0.29, 0.717) is 28.8 Å². The predicted octanol–water partition coefficient (Wildman–Crippen LogP) is 3.74. The second-order valence-electron chi connectivity index (χ2n) is 7.81. The van der Waals surface area contributed by atoms with Crippen LogP contribution < -0.4 is 10.6 Å². The van der Waals surface area contributed by atoms with Gasteiger partial charge in [-0.2, -0.15) is 0 Å². The van der Waals surface area contributed by atoms with Gasteiger partial charge < -0.3 is 15.5 Å². The van der Waals surface area contributed by atoms with E-state index in [1.165, 1.54) is 43.4 Å². The Morgan fingerprint density at radius 2 is 1.97 bits per heavy atom. The van der Waals surface area contributed by atoms with Crippen molar-refractivity contribution in [2.24, 2.45) is 0 Å². The fraction of sp³-hybridized carbons (Fsp3) is 0.545. The van der Waals surface area contributed by atoms with E-state index in [-0.39, 0.29) is 11.8 Å². The Morgan fingerprint density at radius 3 is 2.73 bits per heavy atom. The number of aryl methyl sites for hydroxylation is 1. The predicted molar refractivity (Wildman–Crippen MR) is 120 cm³/mol. The number of likely N-dealkylation sites (N-methyl/N-ethyl adjacent to an activating group) is 1. The monoisotopic (exact) mass is 429 g/mol. The molecule has 1 aromatic carbocycles. The summed E-state index contributed by atoms with van der Waals surface area (Å²) in [6.45, 7) is 3.50. The van der Waals surface area contributed by atoms with Crippen molar-refractivity contribution in [3.63, 3.8) is 0 Å². The maximum atomic E-state index is 12.5. The summed E-state index contributed by atoms with van der Waals surface area (Å²) < 4.78 is 0. The zero-order chi connectivity index (χ0) is 21.3. The van der Waals surface area contributed by atoms with Crippen molar-refractivity contribution in [3.05, 3.63) is 39.8 Å². The van der Waals surface area contributed by atoms with Crippen molar-refractivity contribution >= 4 is 28.8 Å². The Hall–Kier alpha value is -2.32. The van der Waals surface area contributed by atoms with Crippen LogP contribution in [0.1, 0.15) is 70.6 Å². The molecule has 2 amide bonds. The highest BCUT2D eigenvalue weighted by molar-refractivity contribution is 7.13. The maximum absolute atomic E-state index is 12.5. The van der Waals surface area contributed by atoms with Gasteiger partial charge in [0.05, 0.1) is 0 Å². The summed E-state index contributed by atoms with van der Waals surface area (Å²) in [4.78, 5) is 27.3. The SMILES string of the molecule is CCCc1nnc(C(=O)Nc2cccc(C(=O)NCCN(C)C3CCCCC3)c2)s1. The van der Waals surface area contributed by atoms with Gasteiger partial charge in [-0.05, 0) is 44.5 Å². The molecule has 1 aliphatic rings. The number of hydrogen-bond acceptors (Lipinski definition) is 6. The number of nitrogens with one attached hydrogen (secondary N) is 2. The Morgan fingerprint density at radius 1 is 1.17 bits per heavy atom. The first-order chi connectivity index (χ1) is 14.6. The third-order valence-corrected chi connectivity index (χ3v) is 6.44. The number of hydrogen-bond donors (Lipinski definition) is 2. The highest BCUT2D eigenvalue weighted by Crippen LogP contribution is 2.21. The van der Waals surface area contributed by atoms with Crippen LogP contribution in [0.25, 0.3) is 0 Å². The molecule has 0 bridgehead atoms. The van der Waals surface area contributed by atoms with Crippen LogP contribution in [0.4, 0.5) is 5.69 Å². The summed E-state index contributed by atoms with van der Waals surface area (Å²) >= 11 is 1.30. The number of aromatic nitrogens is 2. The molecule has 1 aromatic heterocycles. The normalized spacial score (nSPS) is 14.6. The van der Waals surface area contributed by atoms with Crippen molar-refractivity contribution in [1.82, 2.24) is 20.4 Å². The summed E-state index contributed by atoms with van der Waals surface area (Å²) in [5, 5.41) is 15.0. The number of amides is 2. The van der Waals surface area contributed by atoms with Crippen molar-refractivity contribution in [2.75, 3.05) is 25.5 Å². The molecule has 0 unspecified atom stereocenters. The first-order valence-corrected chi connectivity index (χ1v) is 11.6. The second kappa shape index (κ2) is 11.2. The van der Waals surface area contributed by atoms with E-state index in [9.17, 15) is 9.59 Å². The average Bonchev–Trinajstić information content (AvgIpc) is 3.23. The van der Waals surface area contributed by atoms with Crippen molar-refractivity contribution in [1.29, 1.82) is 0 Å². The smallest absolute Gasteiger partial charge is 0.286 e. The van der Waals surface area contributed by atoms with Crippen LogP contribution in [0.5, 0.6) is 0 Å². The minimum absolute atomic E-state index is 0.135. The Bertz CT molecular complexity index is 848. The van der Waals surface area contributed by atoms with Gasteiger partial charge in [0.2, 0.25) is 5.01 Å². The van der Waals surface area contributed by atoms with Gasteiger partial charge in [0.15, 0.2) is 0 Å². The molecule has 162 valence electrons. The van der Waals surface area contributed by atoms with E-state index in [2.05, 4.69) is 39.7 Å². The molecule has 2 N–H and O–H groups in total. The number of nitrogens with zero attached hydrogens (tertiary/aromatic N) is 3. The van der Waals surface area contributed by atoms with Gasteiger partial charge in [0, 0.05) is 36.8 Å². The van der Waals surface area contributed by atoms with Crippen LogP contribution in [0, 0.1) is 0 Å². The summed E-state index contributed by atoms with van der Waals surface area (Å²) in [5.74, 6) is -0.439. The molecule has 1 heterocycles. The molecule has 0 spiro atoms. The van der Waals surface area contributed by atoms with Crippen LogP contribution in [0.3, 0.4) is 0 Å². The van der Waals surface area contributed by atoms with E-state index in [4.69, 9.17) is 0 Å². The lowest BCUT2D eigenvalue weighted by Gasteiger charge is -2.31. The first kappa shape index (κ1) is 22.4. The van der Waals surface area contributed by atoms with E-state index in [1.54, 1.807) is 24.3 Å². The number of carbonyl (C=O) groups is 2. The zero-order valence-electron chi connectivity index (χ0n) is 17.8. The Labute approximate surface area is 182 Å². The molecule has 1 aliphatic carbocycles. The molecule has 7 nitrogen and oxygen atoms in total. The molecule has 0 saturated heterocycles. The van der Waals surface area contributed by atoms with Gasteiger partial charge in [0.25, 0.3) is 11.8 Å². The van der Waals surface area contributed by atoms with Crippen molar-refractivity contribution in [2.45, 2.75) is 57.9 Å². The highest BCUT2D eigenvalue weighted by Gasteiger charge is 2.18. The van der Waals surface area contributed by atoms with E-state index >= 15 is 0 Å². The number of anilines is 1. The van der Waals surface area contributed by atoms with Gasteiger partial charge >= 0.3 is 0 Å². The number of rotatable bonds is 9. The van der Waals surface area contributed by atoms with Crippen molar-refractivity contribution < 1.29 is 9.59 Å². The molecular formula is C22H31N5O2S.